The molecule has 1 unspecified atom stereocenters. The van der Waals surface area contributed by atoms with E-state index in [-0.39, 0.29) is 24.4 Å². The van der Waals surface area contributed by atoms with Crippen molar-refractivity contribution in [1.82, 2.24) is 4.90 Å². The molecule has 1 aliphatic heterocycles. The lowest BCUT2D eigenvalue weighted by atomic mass is 9.90. The van der Waals surface area contributed by atoms with Crippen LogP contribution in [-0.2, 0) is 0 Å². The van der Waals surface area contributed by atoms with Crippen molar-refractivity contribution in [3.8, 4) is 0 Å². The second-order valence-corrected chi connectivity index (χ2v) is 5.97. The molecule has 0 bridgehead atoms. The molecule has 112 valence electrons. The van der Waals surface area contributed by atoms with E-state index in [2.05, 4.69) is 15.9 Å². The van der Waals surface area contributed by atoms with Gasteiger partial charge < -0.3 is 10.6 Å². The van der Waals surface area contributed by atoms with Crippen molar-refractivity contribution in [2.75, 3.05) is 13.1 Å². The third-order valence-electron chi connectivity index (χ3n) is 3.74. The van der Waals surface area contributed by atoms with Crippen molar-refractivity contribution in [1.29, 1.82) is 0 Å². The molecule has 2 rings (SSSR count). The van der Waals surface area contributed by atoms with E-state index in [4.69, 9.17) is 5.73 Å². The third kappa shape index (κ3) is 3.93. The van der Waals surface area contributed by atoms with Crippen LogP contribution >= 0.6 is 28.3 Å². The standard InChI is InChI=1S/C14H18BrFN2O.ClH/c1-9(17)10-4-6-18(7-5-10)14(19)11-2-3-12(15)13(16)8-11;/h2-3,8-10H,4-7,17H2,1H3;1H. The minimum Gasteiger partial charge on any atom is -0.339 e. The number of likely N-dealkylation sites (tertiary alicyclic amines) is 1. The number of rotatable bonds is 2. The average Bonchev–Trinajstić information content (AvgIpc) is 2.41. The van der Waals surface area contributed by atoms with E-state index in [1.807, 2.05) is 6.92 Å². The minimum absolute atomic E-state index is 0. The predicted molar refractivity (Wildman–Crippen MR) is 83.6 cm³/mol. The number of benzene rings is 1. The molecular weight excluding hydrogens is 347 g/mol. The fourth-order valence-electron chi connectivity index (χ4n) is 2.44. The highest BCUT2D eigenvalue weighted by Gasteiger charge is 2.25. The van der Waals surface area contributed by atoms with Crippen molar-refractivity contribution >= 4 is 34.2 Å². The number of nitrogens with two attached hydrogens (primary N) is 1. The first-order valence-electron chi connectivity index (χ1n) is 6.49. The van der Waals surface area contributed by atoms with Crippen LogP contribution in [0.4, 0.5) is 4.39 Å². The summed E-state index contributed by atoms with van der Waals surface area (Å²) in [7, 11) is 0. The fourth-order valence-corrected chi connectivity index (χ4v) is 2.69. The van der Waals surface area contributed by atoms with Crippen molar-refractivity contribution in [3.05, 3.63) is 34.1 Å². The number of hydrogen-bond acceptors (Lipinski definition) is 2. The highest BCUT2D eigenvalue weighted by Crippen LogP contribution is 2.22. The predicted octanol–water partition coefficient (Wildman–Crippen LogP) is 3.21. The zero-order valence-corrected chi connectivity index (χ0v) is 13.7. The molecule has 0 aliphatic carbocycles. The van der Waals surface area contributed by atoms with Crippen molar-refractivity contribution < 1.29 is 9.18 Å². The smallest absolute Gasteiger partial charge is 0.253 e. The lowest BCUT2D eigenvalue weighted by Crippen LogP contribution is -2.42. The van der Waals surface area contributed by atoms with Gasteiger partial charge in [0.1, 0.15) is 5.82 Å². The Bertz CT molecular complexity index is 476. The summed E-state index contributed by atoms with van der Waals surface area (Å²) < 4.78 is 13.8. The molecule has 1 saturated heterocycles. The first-order valence-corrected chi connectivity index (χ1v) is 7.28. The molecule has 1 aromatic carbocycles. The molecule has 3 nitrogen and oxygen atoms in total. The van der Waals surface area contributed by atoms with Gasteiger partial charge in [-0.15, -0.1) is 12.4 Å². The van der Waals surface area contributed by atoms with Gasteiger partial charge in [0.15, 0.2) is 0 Å². The van der Waals surface area contributed by atoms with Crippen LogP contribution in [0.15, 0.2) is 22.7 Å². The Balaban J connectivity index is 0.00000200. The summed E-state index contributed by atoms with van der Waals surface area (Å²) >= 11 is 3.08. The lowest BCUT2D eigenvalue weighted by Gasteiger charge is -2.33. The summed E-state index contributed by atoms with van der Waals surface area (Å²) in [4.78, 5) is 14.0. The molecule has 20 heavy (non-hydrogen) atoms. The average molecular weight is 366 g/mol. The molecule has 1 amide bonds. The van der Waals surface area contributed by atoms with Gasteiger partial charge in [0.2, 0.25) is 0 Å². The van der Waals surface area contributed by atoms with Crippen LogP contribution in [0.3, 0.4) is 0 Å². The van der Waals surface area contributed by atoms with Gasteiger partial charge in [-0.05, 0) is 59.8 Å². The fraction of sp³-hybridized carbons (Fsp3) is 0.500. The van der Waals surface area contributed by atoms with Gasteiger partial charge in [0, 0.05) is 24.7 Å². The molecule has 0 aromatic heterocycles. The van der Waals surface area contributed by atoms with Crippen LogP contribution in [0, 0.1) is 11.7 Å². The molecule has 1 aliphatic rings. The molecule has 0 radical (unpaired) electrons. The summed E-state index contributed by atoms with van der Waals surface area (Å²) in [6.45, 7) is 3.40. The number of hydrogen-bond donors (Lipinski definition) is 1. The lowest BCUT2D eigenvalue weighted by molar-refractivity contribution is 0.0680. The highest BCUT2D eigenvalue weighted by molar-refractivity contribution is 9.10. The Labute approximate surface area is 133 Å². The maximum Gasteiger partial charge on any atom is 0.253 e. The maximum absolute atomic E-state index is 13.4. The Hall–Kier alpha value is -0.650. The van der Waals surface area contributed by atoms with Gasteiger partial charge in [-0.2, -0.15) is 0 Å². The van der Waals surface area contributed by atoms with Crippen LogP contribution in [0.2, 0.25) is 0 Å². The Morgan fingerprint density at radius 2 is 2.05 bits per heavy atom. The molecule has 0 saturated carbocycles. The van der Waals surface area contributed by atoms with Crippen molar-refractivity contribution in [2.24, 2.45) is 11.7 Å². The number of amides is 1. The topological polar surface area (TPSA) is 46.3 Å². The van der Waals surface area contributed by atoms with Crippen LogP contribution in [0.25, 0.3) is 0 Å². The largest absolute Gasteiger partial charge is 0.339 e. The van der Waals surface area contributed by atoms with Gasteiger partial charge in [-0.3, -0.25) is 4.79 Å². The Morgan fingerprint density at radius 3 is 2.55 bits per heavy atom. The van der Waals surface area contributed by atoms with Crippen molar-refractivity contribution in [2.45, 2.75) is 25.8 Å². The van der Waals surface area contributed by atoms with E-state index in [1.54, 1.807) is 17.0 Å². The monoisotopic (exact) mass is 364 g/mol. The molecule has 1 fully saturated rings. The first kappa shape index (κ1) is 17.4. The SMILES string of the molecule is CC(N)C1CCN(C(=O)c2ccc(Br)c(F)c2)CC1.Cl. The van der Waals surface area contributed by atoms with E-state index >= 15 is 0 Å². The van der Waals surface area contributed by atoms with Crippen molar-refractivity contribution in [3.63, 3.8) is 0 Å². The second-order valence-electron chi connectivity index (χ2n) is 5.12. The molecule has 1 aromatic rings. The van der Waals surface area contributed by atoms with Gasteiger partial charge in [0.05, 0.1) is 4.47 Å². The molecule has 0 spiro atoms. The molecular formula is C14H19BrClFN2O. The molecule has 6 heteroatoms. The van der Waals surface area contributed by atoms with E-state index in [9.17, 15) is 9.18 Å². The van der Waals surface area contributed by atoms with Gasteiger partial charge in [0.25, 0.3) is 5.91 Å². The zero-order chi connectivity index (χ0) is 14.0. The normalized spacial score (nSPS) is 17.5. The maximum atomic E-state index is 13.4. The van der Waals surface area contributed by atoms with Gasteiger partial charge >= 0.3 is 0 Å². The van der Waals surface area contributed by atoms with E-state index in [1.165, 1.54) is 6.07 Å². The Morgan fingerprint density at radius 1 is 1.45 bits per heavy atom. The van der Waals surface area contributed by atoms with E-state index in [0.717, 1.165) is 12.8 Å². The van der Waals surface area contributed by atoms with Gasteiger partial charge in [-0.1, -0.05) is 0 Å². The molecule has 1 atom stereocenters. The molecule has 2 N–H and O–H groups in total. The molecule has 1 heterocycles. The quantitative estimate of drug-likeness (QED) is 0.875. The van der Waals surface area contributed by atoms with E-state index in [0.29, 0.717) is 29.0 Å². The van der Waals surface area contributed by atoms with Crippen LogP contribution in [0.5, 0.6) is 0 Å². The van der Waals surface area contributed by atoms with E-state index < -0.39 is 5.82 Å². The van der Waals surface area contributed by atoms with Crippen LogP contribution in [0.1, 0.15) is 30.1 Å². The number of nitrogens with zero attached hydrogens (tertiary/aromatic N) is 1. The van der Waals surface area contributed by atoms with Crippen LogP contribution < -0.4 is 5.73 Å². The summed E-state index contributed by atoms with van der Waals surface area (Å²) in [5.74, 6) is -0.0310. The third-order valence-corrected chi connectivity index (χ3v) is 4.38. The second kappa shape index (κ2) is 7.38. The number of carbonyl (C=O) groups is 1. The van der Waals surface area contributed by atoms with Gasteiger partial charge in [-0.25, -0.2) is 4.39 Å². The number of piperidine rings is 1. The summed E-state index contributed by atoms with van der Waals surface area (Å²) in [5.41, 5.74) is 6.28. The zero-order valence-electron chi connectivity index (χ0n) is 11.3. The minimum atomic E-state index is -0.406. The van der Waals surface area contributed by atoms with Crippen LogP contribution in [-0.4, -0.2) is 29.9 Å². The summed E-state index contributed by atoms with van der Waals surface area (Å²) in [6.07, 6.45) is 1.84. The summed E-state index contributed by atoms with van der Waals surface area (Å²) in [5, 5.41) is 0. The number of halogens is 3. The number of carbonyl (C=O) groups excluding carboxylic acids is 1. The Kier molecular flexibility index (Phi) is 6.43. The first-order chi connectivity index (χ1) is 8.99. The highest BCUT2D eigenvalue weighted by atomic mass is 79.9. The summed E-state index contributed by atoms with van der Waals surface area (Å²) in [6, 6.07) is 4.66.